The molecule has 1 aliphatic rings. The van der Waals surface area contributed by atoms with Crippen LogP contribution in [0.5, 0.6) is 0 Å². The second-order valence-electron chi connectivity index (χ2n) is 6.03. The Morgan fingerprint density at radius 3 is 2.67 bits per heavy atom. The van der Waals surface area contributed by atoms with Gasteiger partial charge in [-0.1, -0.05) is 48.2 Å². The van der Waals surface area contributed by atoms with Crippen molar-refractivity contribution < 1.29 is 4.42 Å². The van der Waals surface area contributed by atoms with Gasteiger partial charge in [-0.3, -0.25) is 0 Å². The van der Waals surface area contributed by atoms with Gasteiger partial charge in [0.1, 0.15) is 16.2 Å². The first kappa shape index (κ1) is 12.6. The van der Waals surface area contributed by atoms with Crippen LogP contribution in [0.3, 0.4) is 0 Å². The molecule has 0 fully saturated rings. The van der Waals surface area contributed by atoms with Crippen molar-refractivity contribution in [1.29, 1.82) is 0 Å². The van der Waals surface area contributed by atoms with Gasteiger partial charge in [-0.25, -0.2) is 4.98 Å². The van der Waals surface area contributed by atoms with Gasteiger partial charge in [-0.05, 0) is 35.2 Å². The van der Waals surface area contributed by atoms with Gasteiger partial charge in [0, 0.05) is 32.8 Å². The molecule has 0 atom stereocenters. The average Bonchev–Trinajstić information content (AvgIpc) is 3.00. The highest BCUT2D eigenvalue weighted by Gasteiger charge is 2.23. The van der Waals surface area contributed by atoms with E-state index in [1.807, 2.05) is 24.4 Å². The van der Waals surface area contributed by atoms with Crippen LogP contribution in [0.4, 0.5) is 0 Å². The van der Waals surface area contributed by atoms with E-state index in [0.717, 1.165) is 16.2 Å². The predicted octanol–water partition coefficient (Wildman–Crippen LogP) is 6.27. The molecule has 2 aromatic heterocycles. The van der Waals surface area contributed by atoms with Crippen LogP contribution < -0.4 is 0 Å². The van der Waals surface area contributed by atoms with Crippen LogP contribution in [0.25, 0.3) is 43.8 Å². The van der Waals surface area contributed by atoms with E-state index in [9.17, 15) is 0 Å². The second kappa shape index (κ2) is 4.40. The van der Waals surface area contributed by atoms with Gasteiger partial charge in [0.25, 0.3) is 0 Å². The summed E-state index contributed by atoms with van der Waals surface area (Å²) >= 11 is 1.75. The van der Waals surface area contributed by atoms with E-state index in [4.69, 9.17) is 4.42 Å². The quantitative estimate of drug-likeness (QED) is 0.329. The summed E-state index contributed by atoms with van der Waals surface area (Å²) in [7, 11) is 0. The summed E-state index contributed by atoms with van der Waals surface area (Å²) in [4.78, 5) is 5.83. The van der Waals surface area contributed by atoms with Crippen molar-refractivity contribution in [2.75, 3.05) is 0 Å². The maximum Gasteiger partial charge on any atom is 0.136 e. The topological polar surface area (TPSA) is 26.0 Å². The molecule has 6 rings (SSSR count). The van der Waals surface area contributed by atoms with E-state index in [1.54, 1.807) is 11.8 Å². The molecule has 3 aromatic carbocycles. The molecule has 24 heavy (non-hydrogen) atoms. The number of aromatic nitrogens is 1. The number of hydrogen-bond acceptors (Lipinski definition) is 3. The third-order valence-corrected chi connectivity index (χ3v) is 5.81. The minimum absolute atomic E-state index is 0.940. The fourth-order valence-corrected chi connectivity index (χ4v) is 4.82. The molecule has 0 N–H and O–H groups in total. The van der Waals surface area contributed by atoms with E-state index in [1.165, 1.54) is 37.6 Å². The second-order valence-corrected chi connectivity index (χ2v) is 7.06. The molecule has 3 heteroatoms. The normalized spacial score (nSPS) is 12.8. The molecular formula is C21H11NOS. The average molecular weight is 325 g/mol. The molecule has 2 nitrogen and oxygen atoms in total. The maximum absolute atomic E-state index is 6.15. The summed E-state index contributed by atoms with van der Waals surface area (Å²) in [6.07, 6.45) is 1.86. The number of fused-ring (bicyclic) bond motifs is 6. The Bertz CT molecular complexity index is 1290. The number of benzene rings is 3. The fourth-order valence-electron chi connectivity index (χ4n) is 3.74. The standard InChI is InChI=1S/C21H11NOS/c1-2-8-16-13(5-1)19-14-6-3-9-18-20(14)15(11-17(19)23-16)12-7-4-10-22-21(12)24-18/h1-11H. The number of rotatable bonds is 0. The minimum Gasteiger partial charge on any atom is -0.456 e. The van der Waals surface area contributed by atoms with Crippen LogP contribution in [0, 0.1) is 0 Å². The van der Waals surface area contributed by atoms with Crippen LogP contribution in [-0.4, -0.2) is 4.98 Å². The number of pyridine rings is 1. The zero-order valence-corrected chi connectivity index (χ0v) is 13.4. The van der Waals surface area contributed by atoms with Crippen LogP contribution in [0.2, 0.25) is 0 Å². The summed E-state index contributed by atoms with van der Waals surface area (Å²) in [5.74, 6) is 0. The largest absolute Gasteiger partial charge is 0.456 e. The molecule has 0 spiro atoms. The lowest BCUT2D eigenvalue weighted by Gasteiger charge is -2.19. The van der Waals surface area contributed by atoms with Crippen molar-refractivity contribution in [1.82, 2.24) is 4.98 Å². The van der Waals surface area contributed by atoms with E-state index in [2.05, 4.69) is 47.4 Å². The number of furan rings is 1. The third-order valence-electron chi connectivity index (χ3n) is 4.73. The Hall–Kier alpha value is -2.78. The van der Waals surface area contributed by atoms with Gasteiger partial charge in [0.2, 0.25) is 0 Å². The Morgan fingerprint density at radius 1 is 0.750 bits per heavy atom. The molecule has 3 heterocycles. The predicted molar refractivity (Wildman–Crippen MR) is 98.6 cm³/mol. The summed E-state index contributed by atoms with van der Waals surface area (Å²) < 4.78 is 6.15. The number of para-hydroxylation sites is 1. The van der Waals surface area contributed by atoms with E-state index >= 15 is 0 Å². The van der Waals surface area contributed by atoms with Crippen LogP contribution in [-0.2, 0) is 0 Å². The summed E-state index contributed by atoms with van der Waals surface area (Å²) in [6, 6.07) is 21.1. The summed E-state index contributed by atoms with van der Waals surface area (Å²) in [5, 5.41) is 6.01. The molecular weight excluding hydrogens is 314 g/mol. The molecule has 0 aliphatic carbocycles. The first-order valence-electron chi connectivity index (χ1n) is 7.90. The lowest BCUT2D eigenvalue weighted by Crippen LogP contribution is -1.94. The van der Waals surface area contributed by atoms with Gasteiger partial charge in [-0.2, -0.15) is 0 Å². The van der Waals surface area contributed by atoms with Crippen LogP contribution >= 0.6 is 11.8 Å². The molecule has 0 unspecified atom stereocenters. The van der Waals surface area contributed by atoms with E-state index < -0.39 is 0 Å². The zero-order chi connectivity index (χ0) is 15.7. The van der Waals surface area contributed by atoms with Gasteiger partial charge in [0.15, 0.2) is 0 Å². The van der Waals surface area contributed by atoms with Crippen molar-refractivity contribution in [3.63, 3.8) is 0 Å². The van der Waals surface area contributed by atoms with Crippen molar-refractivity contribution in [2.45, 2.75) is 9.92 Å². The van der Waals surface area contributed by atoms with E-state index in [0.29, 0.717) is 0 Å². The molecule has 5 aromatic rings. The number of hydrogen-bond donors (Lipinski definition) is 0. The minimum atomic E-state index is 0.940. The highest BCUT2D eigenvalue weighted by molar-refractivity contribution is 7.99. The Balaban J connectivity index is 1.91. The smallest absolute Gasteiger partial charge is 0.136 e. The van der Waals surface area contributed by atoms with Crippen LogP contribution in [0.15, 0.2) is 81.2 Å². The lowest BCUT2D eigenvalue weighted by molar-refractivity contribution is 0.669. The molecule has 0 saturated carbocycles. The monoisotopic (exact) mass is 325 g/mol. The van der Waals surface area contributed by atoms with Crippen molar-refractivity contribution in [3.8, 4) is 11.1 Å². The van der Waals surface area contributed by atoms with Crippen molar-refractivity contribution in [2.24, 2.45) is 0 Å². The van der Waals surface area contributed by atoms with Gasteiger partial charge in [-0.15, -0.1) is 0 Å². The van der Waals surface area contributed by atoms with Crippen molar-refractivity contribution in [3.05, 3.63) is 66.9 Å². The highest BCUT2D eigenvalue weighted by atomic mass is 32.2. The Labute approximate surface area is 142 Å². The number of nitrogens with zero attached hydrogens (tertiary/aromatic N) is 1. The molecule has 0 amide bonds. The fraction of sp³-hybridized carbons (Fsp3) is 0. The SMILES string of the molecule is c1cnc2c(c1)-c1cc3oc4ccccc4c3c3cccc(c13)S2. The van der Waals surface area contributed by atoms with Crippen molar-refractivity contribution >= 4 is 44.5 Å². The highest BCUT2D eigenvalue weighted by Crippen LogP contribution is 2.49. The Morgan fingerprint density at radius 2 is 1.67 bits per heavy atom. The molecule has 1 aliphatic heterocycles. The molecule has 0 bridgehead atoms. The lowest BCUT2D eigenvalue weighted by atomic mass is 9.95. The molecule has 0 saturated heterocycles. The Kier molecular flexibility index (Phi) is 2.31. The third kappa shape index (κ3) is 1.50. The van der Waals surface area contributed by atoms with E-state index in [-0.39, 0.29) is 0 Å². The summed E-state index contributed by atoms with van der Waals surface area (Å²) in [5.41, 5.74) is 4.29. The van der Waals surface area contributed by atoms with Gasteiger partial charge >= 0.3 is 0 Å². The zero-order valence-electron chi connectivity index (χ0n) is 12.6. The maximum atomic E-state index is 6.15. The first-order valence-corrected chi connectivity index (χ1v) is 8.72. The molecule has 0 radical (unpaired) electrons. The van der Waals surface area contributed by atoms with Crippen LogP contribution in [0.1, 0.15) is 0 Å². The molecule has 112 valence electrons. The summed E-state index contributed by atoms with van der Waals surface area (Å²) in [6.45, 7) is 0. The van der Waals surface area contributed by atoms with Gasteiger partial charge < -0.3 is 4.42 Å². The van der Waals surface area contributed by atoms with Gasteiger partial charge in [0.05, 0.1) is 0 Å². The first-order chi connectivity index (χ1) is 11.9.